The van der Waals surface area contributed by atoms with Gasteiger partial charge in [-0.15, -0.1) is 0 Å². The van der Waals surface area contributed by atoms with E-state index < -0.39 is 9.84 Å². The Kier molecular flexibility index (Phi) is 5.32. The van der Waals surface area contributed by atoms with Crippen molar-refractivity contribution in [1.29, 1.82) is 5.41 Å². The highest BCUT2D eigenvalue weighted by Gasteiger charge is 2.35. The maximum atomic E-state index is 13.2. The highest BCUT2D eigenvalue weighted by atomic mass is 32.2. The zero-order chi connectivity index (χ0) is 19.7. The summed E-state index contributed by atoms with van der Waals surface area (Å²) in [5.41, 5.74) is 5.59. The molecule has 0 bridgehead atoms. The van der Waals surface area contributed by atoms with Crippen LogP contribution >= 0.6 is 0 Å². The van der Waals surface area contributed by atoms with Crippen molar-refractivity contribution in [3.05, 3.63) is 42.5 Å². The van der Waals surface area contributed by atoms with Gasteiger partial charge in [0.05, 0.1) is 10.1 Å². The summed E-state index contributed by atoms with van der Waals surface area (Å²) in [5.74, 6) is 1.42. The molecule has 1 aliphatic carbocycles. The predicted octanol–water partition coefficient (Wildman–Crippen LogP) is 3.78. The summed E-state index contributed by atoms with van der Waals surface area (Å²) in [5, 5.41) is 9.35. The molecular weight excluding hydrogens is 370 g/mol. The van der Waals surface area contributed by atoms with Crippen LogP contribution in [0.5, 0.6) is 0 Å². The molecule has 0 spiro atoms. The zero-order valence-electron chi connectivity index (χ0n) is 16.2. The van der Waals surface area contributed by atoms with Gasteiger partial charge in [-0.3, -0.25) is 5.41 Å². The van der Waals surface area contributed by atoms with Gasteiger partial charge in [0.15, 0.2) is 15.8 Å². The van der Waals surface area contributed by atoms with Gasteiger partial charge < -0.3 is 10.6 Å². The van der Waals surface area contributed by atoms with Crippen LogP contribution in [-0.2, 0) is 9.84 Å². The number of hydrogen-bond donors (Lipinski definition) is 2. The van der Waals surface area contributed by atoms with Crippen molar-refractivity contribution in [2.45, 2.75) is 48.7 Å². The molecule has 1 saturated carbocycles. The minimum absolute atomic E-state index is 0.170. The zero-order valence-corrected chi connectivity index (χ0v) is 17.0. The van der Waals surface area contributed by atoms with Crippen LogP contribution in [0.1, 0.15) is 38.5 Å². The lowest BCUT2D eigenvalue weighted by molar-refractivity contribution is 0.165. The first-order valence-corrected chi connectivity index (χ1v) is 11.8. The fourth-order valence-corrected chi connectivity index (χ4v) is 6.85. The van der Waals surface area contributed by atoms with Crippen LogP contribution in [-0.4, -0.2) is 37.6 Å². The van der Waals surface area contributed by atoms with E-state index in [4.69, 9.17) is 11.1 Å². The van der Waals surface area contributed by atoms with E-state index in [0.717, 1.165) is 62.4 Å². The Hall–Kier alpha value is -2.08. The molecule has 2 aromatic rings. The minimum atomic E-state index is -3.28. The maximum absolute atomic E-state index is 13.2. The Morgan fingerprint density at radius 1 is 0.893 bits per heavy atom. The molecule has 1 aliphatic heterocycles. The predicted molar refractivity (Wildman–Crippen MR) is 113 cm³/mol. The Balaban J connectivity index is 1.40. The molecule has 0 radical (unpaired) electrons. The molecule has 0 unspecified atom stereocenters. The second-order valence-corrected chi connectivity index (χ2v) is 10.5. The first-order valence-electron chi connectivity index (χ1n) is 10.3. The van der Waals surface area contributed by atoms with Gasteiger partial charge in [0.2, 0.25) is 0 Å². The molecule has 6 heteroatoms. The number of nitrogens with one attached hydrogen (secondary N) is 1. The SMILES string of the molecule is N=C(N)N1CCC(C2CCC(S(=O)(=O)c3ccc4ccccc4c3)CC2)CC1. The lowest BCUT2D eigenvalue weighted by Gasteiger charge is -2.39. The van der Waals surface area contributed by atoms with Crippen molar-refractivity contribution in [1.82, 2.24) is 4.90 Å². The van der Waals surface area contributed by atoms with Gasteiger partial charge in [-0.1, -0.05) is 30.3 Å². The number of fused-ring (bicyclic) bond motifs is 1. The molecule has 0 aromatic heterocycles. The molecule has 0 amide bonds. The van der Waals surface area contributed by atoms with Crippen molar-refractivity contribution in [2.75, 3.05) is 13.1 Å². The molecule has 4 rings (SSSR count). The van der Waals surface area contributed by atoms with E-state index in [1.54, 1.807) is 6.07 Å². The van der Waals surface area contributed by atoms with E-state index in [9.17, 15) is 8.42 Å². The van der Waals surface area contributed by atoms with Crippen molar-refractivity contribution in [3.8, 4) is 0 Å². The number of likely N-dealkylation sites (tertiary alicyclic amines) is 1. The van der Waals surface area contributed by atoms with Gasteiger partial charge in [0.1, 0.15) is 0 Å². The highest BCUT2D eigenvalue weighted by Crippen LogP contribution is 2.39. The molecule has 2 aromatic carbocycles. The van der Waals surface area contributed by atoms with E-state index in [-0.39, 0.29) is 11.2 Å². The summed E-state index contributed by atoms with van der Waals surface area (Å²) in [4.78, 5) is 2.40. The molecule has 150 valence electrons. The number of nitrogens with two attached hydrogens (primary N) is 1. The van der Waals surface area contributed by atoms with Crippen LogP contribution < -0.4 is 5.73 Å². The van der Waals surface area contributed by atoms with Crippen molar-refractivity contribution >= 4 is 26.6 Å². The van der Waals surface area contributed by atoms with E-state index in [0.29, 0.717) is 16.7 Å². The normalized spacial score (nSPS) is 24.4. The highest BCUT2D eigenvalue weighted by molar-refractivity contribution is 7.92. The second kappa shape index (κ2) is 7.74. The number of hydrogen-bond acceptors (Lipinski definition) is 3. The third-order valence-corrected chi connectivity index (χ3v) is 9.01. The summed E-state index contributed by atoms with van der Waals surface area (Å²) in [6, 6.07) is 13.4. The van der Waals surface area contributed by atoms with E-state index in [1.807, 2.05) is 41.3 Å². The monoisotopic (exact) mass is 399 g/mol. The molecule has 28 heavy (non-hydrogen) atoms. The number of nitrogens with zero attached hydrogens (tertiary/aromatic N) is 1. The lowest BCUT2D eigenvalue weighted by atomic mass is 9.75. The van der Waals surface area contributed by atoms with Gasteiger partial charge in [0, 0.05) is 13.1 Å². The van der Waals surface area contributed by atoms with Gasteiger partial charge in [0.25, 0.3) is 0 Å². The smallest absolute Gasteiger partial charge is 0.188 e. The fourth-order valence-electron chi connectivity index (χ4n) is 5.02. The molecular formula is C22H29N3O2S. The lowest BCUT2D eigenvalue weighted by Crippen LogP contribution is -2.44. The average Bonchev–Trinajstić information content (AvgIpc) is 2.73. The average molecular weight is 400 g/mol. The Morgan fingerprint density at radius 3 is 2.14 bits per heavy atom. The van der Waals surface area contributed by atoms with E-state index in [2.05, 4.69) is 0 Å². The summed E-state index contributed by atoms with van der Waals surface area (Å²) in [7, 11) is -3.28. The third-order valence-electron chi connectivity index (χ3n) is 6.75. The number of piperidine rings is 1. The molecule has 5 nitrogen and oxygen atoms in total. The first kappa shape index (κ1) is 19.2. The van der Waals surface area contributed by atoms with Crippen LogP contribution in [0.4, 0.5) is 0 Å². The Labute approximate surface area is 167 Å². The van der Waals surface area contributed by atoms with Crippen LogP contribution in [0.15, 0.2) is 47.4 Å². The summed E-state index contributed by atoms with van der Waals surface area (Å²) in [6.45, 7) is 1.71. The summed E-state index contributed by atoms with van der Waals surface area (Å²) in [6.07, 6.45) is 5.61. The van der Waals surface area contributed by atoms with Crippen LogP contribution in [0.2, 0.25) is 0 Å². The van der Waals surface area contributed by atoms with Crippen molar-refractivity contribution < 1.29 is 8.42 Å². The van der Waals surface area contributed by atoms with Crippen LogP contribution in [0, 0.1) is 17.2 Å². The van der Waals surface area contributed by atoms with Gasteiger partial charge in [-0.25, -0.2) is 8.42 Å². The van der Waals surface area contributed by atoms with E-state index >= 15 is 0 Å². The Bertz CT molecular complexity index is 957. The van der Waals surface area contributed by atoms with Gasteiger partial charge in [-0.05, 0) is 73.3 Å². The fraction of sp³-hybridized carbons (Fsp3) is 0.500. The third kappa shape index (κ3) is 3.75. The number of benzene rings is 2. The minimum Gasteiger partial charge on any atom is -0.370 e. The number of rotatable bonds is 3. The molecule has 0 atom stereocenters. The number of sulfone groups is 1. The van der Waals surface area contributed by atoms with Crippen molar-refractivity contribution in [2.24, 2.45) is 17.6 Å². The Morgan fingerprint density at radius 2 is 1.50 bits per heavy atom. The largest absolute Gasteiger partial charge is 0.370 e. The van der Waals surface area contributed by atoms with Crippen LogP contribution in [0.25, 0.3) is 10.8 Å². The summed E-state index contributed by atoms with van der Waals surface area (Å²) >= 11 is 0. The van der Waals surface area contributed by atoms with Crippen molar-refractivity contribution in [3.63, 3.8) is 0 Å². The standard InChI is InChI=1S/C22H29N3O2S/c23-22(24)25-13-11-18(12-14-25)17-5-8-20(9-6-17)28(26,27)21-10-7-16-3-1-2-4-19(16)15-21/h1-4,7,10,15,17-18,20H,5-6,8-9,11-14H2,(H3,23,24). The quantitative estimate of drug-likeness (QED) is 0.607. The van der Waals surface area contributed by atoms with Crippen LogP contribution in [0.3, 0.4) is 0 Å². The first-order chi connectivity index (χ1) is 13.4. The maximum Gasteiger partial charge on any atom is 0.188 e. The van der Waals surface area contributed by atoms with E-state index in [1.165, 1.54) is 0 Å². The molecule has 2 fully saturated rings. The molecule has 1 saturated heterocycles. The molecule has 1 heterocycles. The molecule has 2 aliphatic rings. The summed E-state index contributed by atoms with van der Waals surface area (Å²) < 4.78 is 26.4. The topological polar surface area (TPSA) is 87.2 Å². The van der Waals surface area contributed by atoms with Gasteiger partial charge in [-0.2, -0.15) is 0 Å². The number of guanidine groups is 1. The van der Waals surface area contributed by atoms with Gasteiger partial charge >= 0.3 is 0 Å². The second-order valence-electron chi connectivity index (χ2n) is 8.30. The molecule has 3 N–H and O–H groups in total.